The average Bonchev–Trinajstić information content (AvgIpc) is 2.82. The van der Waals surface area contributed by atoms with Gasteiger partial charge in [0.1, 0.15) is 11.3 Å². The van der Waals surface area contributed by atoms with Gasteiger partial charge in [-0.1, -0.05) is 18.2 Å². The first-order valence-electron chi connectivity index (χ1n) is 5.99. The van der Waals surface area contributed by atoms with E-state index in [0.717, 1.165) is 29.8 Å². The summed E-state index contributed by atoms with van der Waals surface area (Å²) in [5, 5.41) is 4.51. The lowest BCUT2D eigenvalue weighted by atomic mass is 10.2. The van der Waals surface area contributed by atoms with E-state index in [1.807, 2.05) is 30.3 Å². The van der Waals surface area contributed by atoms with Crippen LogP contribution in [0.2, 0.25) is 0 Å². The molecule has 3 heteroatoms. The Labute approximate surface area is 105 Å². The molecule has 0 atom stereocenters. The van der Waals surface area contributed by atoms with E-state index in [0.29, 0.717) is 0 Å². The Morgan fingerprint density at radius 2 is 1.83 bits per heavy atom. The van der Waals surface area contributed by atoms with Crippen LogP contribution in [0.25, 0.3) is 11.0 Å². The van der Waals surface area contributed by atoms with Gasteiger partial charge in [-0.2, -0.15) is 0 Å². The largest absolute Gasteiger partial charge is 0.460 e. The minimum atomic E-state index is 0.733. The van der Waals surface area contributed by atoms with Gasteiger partial charge in [0, 0.05) is 24.3 Å². The first kappa shape index (κ1) is 11.0. The van der Waals surface area contributed by atoms with Crippen molar-refractivity contribution in [2.45, 2.75) is 13.1 Å². The van der Waals surface area contributed by atoms with Crippen molar-refractivity contribution in [3.8, 4) is 0 Å². The Balaban J connectivity index is 1.63. The van der Waals surface area contributed by atoms with E-state index < -0.39 is 0 Å². The number of furan rings is 1. The number of rotatable bonds is 4. The minimum absolute atomic E-state index is 0.733. The lowest BCUT2D eigenvalue weighted by Crippen LogP contribution is -2.11. The fourth-order valence-corrected chi connectivity index (χ4v) is 1.95. The Kier molecular flexibility index (Phi) is 3.07. The molecule has 0 unspecified atom stereocenters. The van der Waals surface area contributed by atoms with Crippen LogP contribution in [0.15, 0.2) is 59.3 Å². The molecule has 1 aromatic carbocycles. The highest BCUT2D eigenvalue weighted by atomic mass is 16.3. The zero-order chi connectivity index (χ0) is 12.2. The van der Waals surface area contributed by atoms with Crippen LogP contribution in [0.5, 0.6) is 0 Å². The number of hydrogen-bond acceptors (Lipinski definition) is 3. The third kappa shape index (κ3) is 2.41. The summed E-state index contributed by atoms with van der Waals surface area (Å²) >= 11 is 0. The summed E-state index contributed by atoms with van der Waals surface area (Å²) in [6, 6.07) is 14.1. The van der Waals surface area contributed by atoms with E-state index in [1.165, 1.54) is 5.56 Å². The van der Waals surface area contributed by atoms with Crippen LogP contribution >= 0.6 is 0 Å². The van der Waals surface area contributed by atoms with Gasteiger partial charge in [-0.3, -0.25) is 4.98 Å². The third-order valence-corrected chi connectivity index (χ3v) is 2.85. The van der Waals surface area contributed by atoms with Crippen LogP contribution in [0.3, 0.4) is 0 Å². The van der Waals surface area contributed by atoms with Crippen molar-refractivity contribution in [2.75, 3.05) is 0 Å². The molecule has 1 N–H and O–H groups in total. The first-order chi connectivity index (χ1) is 8.92. The van der Waals surface area contributed by atoms with Gasteiger partial charge in [0.05, 0.1) is 6.54 Å². The van der Waals surface area contributed by atoms with Gasteiger partial charge in [0.2, 0.25) is 0 Å². The highest BCUT2D eigenvalue weighted by molar-refractivity contribution is 5.77. The number of para-hydroxylation sites is 1. The summed E-state index contributed by atoms with van der Waals surface area (Å²) < 4.78 is 5.73. The van der Waals surface area contributed by atoms with Crippen molar-refractivity contribution in [3.05, 3.63) is 66.2 Å². The maximum absolute atomic E-state index is 5.73. The maximum Gasteiger partial charge on any atom is 0.134 e. The van der Waals surface area contributed by atoms with Crippen molar-refractivity contribution in [3.63, 3.8) is 0 Å². The molecule has 0 amide bonds. The van der Waals surface area contributed by atoms with Gasteiger partial charge in [-0.15, -0.1) is 0 Å². The molecule has 2 aromatic heterocycles. The molecule has 0 saturated carbocycles. The summed E-state index contributed by atoms with van der Waals surface area (Å²) in [6.45, 7) is 1.55. The van der Waals surface area contributed by atoms with Crippen LogP contribution in [-0.4, -0.2) is 4.98 Å². The van der Waals surface area contributed by atoms with Crippen LogP contribution in [0, 0.1) is 0 Å². The number of fused-ring (bicyclic) bond motifs is 1. The predicted molar refractivity (Wildman–Crippen MR) is 71.0 cm³/mol. The summed E-state index contributed by atoms with van der Waals surface area (Å²) in [4.78, 5) is 3.99. The Bertz CT molecular complexity index is 598. The average molecular weight is 238 g/mol. The smallest absolute Gasteiger partial charge is 0.134 e. The lowest BCUT2D eigenvalue weighted by Gasteiger charge is -2.01. The van der Waals surface area contributed by atoms with Gasteiger partial charge in [-0.05, 0) is 29.8 Å². The predicted octanol–water partition coefficient (Wildman–Crippen LogP) is 3.12. The van der Waals surface area contributed by atoms with Gasteiger partial charge in [0.25, 0.3) is 0 Å². The molecule has 0 radical (unpaired) electrons. The second-order valence-electron chi connectivity index (χ2n) is 4.21. The molecule has 0 fully saturated rings. The quantitative estimate of drug-likeness (QED) is 0.759. The summed E-state index contributed by atoms with van der Waals surface area (Å²) in [6.07, 6.45) is 3.61. The van der Waals surface area contributed by atoms with Gasteiger partial charge in [0.15, 0.2) is 0 Å². The van der Waals surface area contributed by atoms with E-state index in [9.17, 15) is 0 Å². The van der Waals surface area contributed by atoms with Crippen molar-refractivity contribution in [2.24, 2.45) is 0 Å². The Hall–Kier alpha value is -2.13. The topological polar surface area (TPSA) is 38.1 Å². The number of pyridine rings is 1. The molecule has 0 aliphatic rings. The SMILES string of the molecule is c1ccc2oc(CNCc3ccncc3)cc2c1. The molecule has 18 heavy (non-hydrogen) atoms. The number of hydrogen-bond donors (Lipinski definition) is 1. The Morgan fingerprint density at radius 1 is 1.00 bits per heavy atom. The van der Waals surface area contributed by atoms with Crippen LogP contribution in [-0.2, 0) is 13.1 Å². The fourth-order valence-electron chi connectivity index (χ4n) is 1.95. The first-order valence-corrected chi connectivity index (χ1v) is 5.99. The fraction of sp³-hybridized carbons (Fsp3) is 0.133. The monoisotopic (exact) mass is 238 g/mol. The summed E-state index contributed by atoms with van der Waals surface area (Å²) in [5.74, 6) is 0.963. The van der Waals surface area contributed by atoms with Gasteiger partial charge < -0.3 is 9.73 Å². The Morgan fingerprint density at radius 3 is 2.67 bits per heavy atom. The van der Waals surface area contributed by atoms with Crippen molar-refractivity contribution in [1.29, 1.82) is 0 Å². The number of nitrogens with zero attached hydrogens (tertiary/aromatic N) is 1. The highest BCUT2D eigenvalue weighted by Crippen LogP contribution is 2.18. The zero-order valence-electron chi connectivity index (χ0n) is 9.97. The highest BCUT2D eigenvalue weighted by Gasteiger charge is 2.02. The summed E-state index contributed by atoms with van der Waals surface area (Å²) in [7, 11) is 0. The van der Waals surface area contributed by atoms with E-state index >= 15 is 0 Å². The molecular formula is C15H14N2O. The van der Waals surface area contributed by atoms with Crippen LogP contribution < -0.4 is 5.32 Å². The molecule has 0 saturated heterocycles. The molecule has 2 heterocycles. The molecule has 90 valence electrons. The minimum Gasteiger partial charge on any atom is -0.460 e. The third-order valence-electron chi connectivity index (χ3n) is 2.85. The van der Waals surface area contributed by atoms with Crippen molar-refractivity contribution < 1.29 is 4.42 Å². The number of nitrogens with one attached hydrogen (secondary N) is 1. The molecule has 3 nitrogen and oxygen atoms in total. The normalized spacial score (nSPS) is 10.9. The molecule has 0 bridgehead atoms. The standard InChI is InChI=1S/C15H14N2O/c1-2-4-15-13(3-1)9-14(18-15)11-17-10-12-5-7-16-8-6-12/h1-9,17H,10-11H2. The van der Waals surface area contributed by atoms with E-state index in [4.69, 9.17) is 4.42 Å². The second kappa shape index (κ2) is 5.02. The van der Waals surface area contributed by atoms with Crippen LogP contribution in [0.4, 0.5) is 0 Å². The van der Waals surface area contributed by atoms with Crippen LogP contribution in [0.1, 0.15) is 11.3 Å². The number of benzene rings is 1. The van der Waals surface area contributed by atoms with E-state index in [1.54, 1.807) is 12.4 Å². The van der Waals surface area contributed by atoms with Crippen molar-refractivity contribution >= 4 is 11.0 Å². The van der Waals surface area contributed by atoms with E-state index in [-0.39, 0.29) is 0 Å². The second-order valence-corrected chi connectivity index (χ2v) is 4.21. The van der Waals surface area contributed by atoms with Gasteiger partial charge >= 0.3 is 0 Å². The molecule has 3 rings (SSSR count). The molecule has 0 aliphatic carbocycles. The molecule has 0 spiro atoms. The summed E-state index contributed by atoms with van der Waals surface area (Å²) in [5.41, 5.74) is 2.17. The van der Waals surface area contributed by atoms with E-state index in [2.05, 4.69) is 22.4 Å². The molecule has 0 aliphatic heterocycles. The number of aromatic nitrogens is 1. The van der Waals surface area contributed by atoms with Crippen molar-refractivity contribution in [1.82, 2.24) is 10.3 Å². The molecule has 3 aromatic rings. The molecular weight excluding hydrogens is 224 g/mol. The zero-order valence-corrected chi connectivity index (χ0v) is 9.97. The lowest BCUT2D eigenvalue weighted by molar-refractivity contribution is 0.513. The maximum atomic E-state index is 5.73. The van der Waals surface area contributed by atoms with Gasteiger partial charge in [-0.25, -0.2) is 0 Å².